The van der Waals surface area contributed by atoms with Crippen molar-refractivity contribution in [2.45, 2.75) is 30.7 Å². The highest BCUT2D eigenvalue weighted by atomic mass is 35.5. The van der Waals surface area contributed by atoms with Crippen molar-refractivity contribution < 1.29 is 4.74 Å². The number of benzene rings is 2. The van der Waals surface area contributed by atoms with Crippen LogP contribution < -0.4 is 4.74 Å². The van der Waals surface area contributed by atoms with E-state index in [1.165, 1.54) is 11.1 Å². The molecule has 0 bridgehead atoms. The number of ether oxygens (including phenoxy) is 1. The normalized spacial score (nSPS) is 11.0. The van der Waals surface area contributed by atoms with Crippen LogP contribution in [0.1, 0.15) is 23.4 Å². The maximum Gasteiger partial charge on any atom is 0.191 e. The zero-order valence-electron chi connectivity index (χ0n) is 15.3. The lowest BCUT2D eigenvalue weighted by molar-refractivity contribution is 0.309. The van der Waals surface area contributed by atoms with Gasteiger partial charge in [0.15, 0.2) is 5.16 Å². The molecule has 3 aromatic rings. The van der Waals surface area contributed by atoms with E-state index in [1.807, 2.05) is 7.05 Å². The molecule has 0 atom stereocenters. The highest BCUT2D eigenvalue weighted by Gasteiger charge is 2.10. The Bertz CT molecular complexity index is 914. The summed E-state index contributed by atoms with van der Waals surface area (Å²) in [7, 11) is 2.00. The van der Waals surface area contributed by atoms with Crippen LogP contribution in [0.2, 0.25) is 10.0 Å². The van der Waals surface area contributed by atoms with Gasteiger partial charge in [0.25, 0.3) is 0 Å². The minimum absolute atomic E-state index is 0.524. The maximum absolute atomic E-state index is 6.11. The van der Waals surface area contributed by atoms with Gasteiger partial charge in [-0.2, -0.15) is 0 Å². The minimum Gasteiger partial charge on any atom is -0.492 e. The van der Waals surface area contributed by atoms with Crippen LogP contribution in [0, 0.1) is 6.92 Å². The summed E-state index contributed by atoms with van der Waals surface area (Å²) in [6, 6.07) is 13.8. The van der Waals surface area contributed by atoms with Crippen molar-refractivity contribution in [3.63, 3.8) is 0 Å². The van der Waals surface area contributed by atoms with Gasteiger partial charge in [0.05, 0.1) is 11.6 Å². The fourth-order valence-corrected chi connectivity index (χ4v) is 3.98. The lowest BCUT2D eigenvalue weighted by Gasteiger charge is -2.08. The smallest absolute Gasteiger partial charge is 0.191 e. The molecule has 0 saturated heterocycles. The van der Waals surface area contributed by atoms with Gasteiger partial charge in [-0.15, -0.1) is 10.2 Å². The minimum atomic E-state index is 0.524. The predicted octanol–water partition coefficient (Wildman–Crippen LogP) is 5.73. The summed E-state index contributed by atoms with van der Waals surface area (Å²) in [5, 5.41) is 10.7. The largest absolute Gasteiger partial charge is 0.492 e. The van der Waals surface area contributed by atoms with Crippen LogP contribution in [0.4, 0.5) is 0 Å². The van der Waals surface area contributed by atoms with E-state index in [9.17, 15) is 0 Å². The zero-order chi connectivity index (χ0) is 19.2. The van der Waals surface area contributed by atoms with Crippen molar-refractivity contribution in [1.29, 1.82) is 0 Å². The predicted molar refractivity (Wildman–Crippen MR) is 112 cm³/mol. The van der Waals surface area contributed by atoms with Crippen molar-refractivity contribution in [1.82, 2.24) is 14.8 Å². The highest BCUT2D eigenvalue weighted by Crippen LogP contribution is 2.27. The van der Waals surface area contributed by atoms with Gasteiger partial charge in [-0.05, 0) is 37.1 Å². The molecule has 0 aliphatic carbocycles. The van der Waals surface area contributed by atoms with Gasteiger partial charge in [-0.1, -0.05) is 64.8 Å². The SMILES string of the molecule is Cc1cccc(CSc2nnc(CCCOc3ccc(Cl)cc3Cl)n2C)c1. The van der Waals surface area contributed by atoms with Crippen molar-refractivity contribution >= 4 is 35.0 Å². The molecule has 0 spiro atoms. The van der Waals surface area contributed by atoms with E-state index in [-0.39, 0.29) is 0 Å². The van der Waals surface area contributed by atoms with Gasteiger partial charge in [0.2, 0.25) is 0 Å². The molecule has 0 aliphatic rings. The maximum atomic E-state index is 6.11. The number of hydrogen-bond acceptors (Lipinski definition) is 4. The van der Waals surface area contributed by atoms with Gasteiger partial charge in [-0.3, -0.25) is 0 Å². The van der Waals surface area contributed by atoms with E-state index in [4.69, 9.17) is 27.9 Å². The van der Waals surface area contributed by atoms with Gasteiger partial charge in [0.1, 0.15) is 11.6 Å². The summed E-state index contributed by atoms with van der Waals surface area (Å²) in [4.78, 5) is 0. The van der Waals surface area contributed by atoms with E-state index in [0.717, 1.165) is 29.6 Å². The Balaban J connectivity index is 1.48. The number of aryl methyl sites for hydroxylation is 2. The van der Waals surface area contributed by atoms with E-state index in [2.05, 4.69) is 46.0 Å². The number of nitrogens with zero attached hydrogens (tertiary/aromatic N) is 3. The van der Waals surface area contributed by atoms with Crippen molar-refractivity contribution in [2.24, 2.45) is 7.05 Å². The molecule has 142 valence electrons. The summed E-state index contributed by atoms with van der Waals surface area (Å²) < 4.78 is 7.77. The fraction of sp³-hybridized carbons (Fsp3) is 0.300. The second kappa shape index (κ2) is 9.49. The Morgan fingerprint density at radius 3 is 2.74 bits per heavy atom. The molecule has 0 fully saturated rings. The molecule has 2 aromatic carbocycles. The molecule has 1 heterocycles. The third kappa shape index (κ3) is 5.64. The van der Waals surface area contributed by atoms with Crippen molar-refractivity contribution in [3.05, 3.63) is 69.5 Å². The first-order valence-electron chi connectivity index (χ1n) is 8.67. The molecule has 3 rings (SSSR count). The lowest BCUT2D eigenvalue weighted by atomic mass is 10.2. The van der Waals surface area contributed by atoms with E-state index in [1.54, 1.807) is 30.0 Å². The van der Waals surface area contributed by atoms with Gasteiger partial charge < -0.3 is 9.30 Å². The van der Waals surface area contributed by atoms with Crippen molar-refractivity contribution in [3.8, 4) is 5.75 Å². The molecule has 0 unspecified atom stereocenters. The average molecular weight is 422 g/mol. The Hall–Kier alpha value is -1.69. The van der Waals surface area contributed by atoms with Crippen LogP contribution in [0.3, 0.4) is 0 Å². The Labute approximate surface area is 173 Å². The second-order valence-electron chi connectivity index (χ2n) is 6.26. The molecule has 7 heteroatoms. The quantitative estimate of drug-likeness (QED) is 0.343. The third-order valence-corrected chi connectivity index (χ3v) is 5.69. The fourth-order valence-electron chi connectivity index (χ4n) is 2.64. The molecule has 27 heavy (non-hydrogen) atoms. The van der Waals surface area contributed by atoms with Crippen molar-refractivity contribution in [2.75, 3.05) is 6.61 Å². The summed E-state index contributed by atoms with van der Waals surface area (Å²) in [6.07, 6.45) is 1.62. The van der Waals surface area contributed by atoms with Crippen LogP contribution in [-0.4, -0.2) is 21.4 Å². The first-order valence-corrected chi connectivity index (χ1v) is 10.4. The standard InChI is InChI=1S/C20H21Cl2N3OS/c1-14-5-3-6-15(11-14)13-27-20-24-23-19(25(20)2)7-4-10-26-18-9-8-16(21)12-17(18)22/h3,5-6,8-9,11-12H,4,7,10,13H2,1-2H3. The molecule has 0 aliphatic heterocycles. The number of rotatable bonds is 8. The van der Waals surface area contributed by atoms with Gasteiger partial charge in [0, 0.05) is 24.2 Å². The van der Waals surface area contributed by atoms with E-state index >= 15 is 0 Å². The Kier molecular flexibility index (Phi) is 7.05. The van der Waals surface area contributed by atoms with Crippen LogP contribution in [0.25, 0.3) is 0 Å². The summed E-state index contributed by atoms with van der Waals surface area (Å²) in [5.74, 6) is 2.48. The first kappa shape index (κ1) is 20.1. The van der Waals surface area contributed by atoms with Gasteiger partial charge in [-0.25, -0.2) is 0 Å². The summed E-state index contributed by atoms with van der Waals surface area (Å²) in [5.41, 5.74) is 2.56. The van der Waals surface area contributed by atoms with Crippen LogP contribution in [0.5, 0.6) is 5.75 Å². The third-order valence-electron chi connectivity index (χ3n) is 4.07. The van der Waals surface area contributed by atoms with Crippen LogP contribution in [-0.2, 0) is 19.2 Å². The number of aromatic nitrogens is 3. The monoisotopic (exact) mass is 421 g/mol. The second-order valence-corrected chi connectivity index (χ2v) is 8.05. The van der Waals surface area contributed by atoms with Crippen LogP contribution in [0.15, 0.2) is 47.6 Å². The lowest BCUT2D eigenvalue weighted by Crippen LogP contribution is -2.04. The number of hydrogen-bond donors (Lipinski definition) is 0. The van der Waals surface area contributed by atoms with Gasteiger partial charge >= 0.3 is 0 Å². The summed E-state index contributed by atoms with van der Waals surface area (Å²) >= 11 is 13.7. The number of thioether (sulfide) groups is 1. The molecular formula is C20H21Cl2N3OS. The number of halogens is 2. The van der Waals surface area contributed by atoms with E-state index in [0.29, 0.717) is 22.4 Å². The highest BCUT2D eigenvalue weighted by molar-refractivity contribution is 7.98. The topological polar surface area (TPSA) is 39.9 Å². The molecular weight excluding hydrogens is 401 g/mol. The first-order chi connectivity index (χ1) is 13.0. The molecule has 4 nitrogen and oxygen atoms in total. The Morgan fingerprint density at radius 1 is 1.11 bits per heavy atom. The molecule has 1 aromatic heterocycles. The zero-order valence-corrected chi connectivity index (χ0v) is 17.6. The Morgan fingerprint density at radius 2 is 1.96 bits per heavy atom. The molecule has 0 radical (unpaired) electrons. The van der Waals surface area contributed by atoms with Crippen LogP contribution >= 0.6 is 35.0 Å². The summed E-state index contributed by atoms with van der Waals surface area (Å²) in [6.45, 7) is 2.66. The molecule has 0 N–H and O–H groups in total. The molecule has 0 amide bonds. The average Bonchev–Trinajstić information content (AvgIpc) is 2.98. The van der Waals surface area contributed by atoms with E-state index < -0.39 is 0 Å². The molecule has 0 saturated carbocycles.